The van der Waals surface area contributed by atoms with Crippen molar-refractivity contribution in [1.82, 2.24) is 0 Å². The molecule has 87 heavy (non-hydrogen) atoms. The standard InChI is InChI=1S/C58H96O28S/c1-21(2)22(3)32(60)19-58(10,72)35-12-11-29-28-18-33(31-17-27(86-87(73,74)75)13-15-56(31,8)30(28)14-16-57(29,35)9)80-53-46(71)48(38(63)25(6)78-53)83-54-50(85-52-44(69)41(66)37(62)24(5)77-52)45(70)47(26(7)79-54)82-55-49(42(67)39(64)34(20-59)81-55)84-51-43(68)40(65)36(61)23(4)76-51/h14,21-29,31,33-55,59,61-72H,11-13,15-20H2,1-10H3,(H,73,74,75)/t22-,23+,24+,25+,26+,27-,28-,29-,31+,33-,34+,35-,36-,37+,38+,39-,40-,41-,42-,43+,44+,45-,46+,47+,48-,49+,50+,51-,52-,53-,54-,55-,56+,57-,58-/m0/s1. The SMILES string of the molecule is CC(C)[C@H](C)C(=O)C[C@](C)(O)[C@H]1CC[C@H]2[C@@H]3C[C@H](O[C@@H]4O[C@H](C)[C@@H](O)[C@H](O[C@@H]5O[C@H](C)[C@@H](O[C@@H]6O[C@H](CO)[C@H](O)[C@H](O)[C@H]6O[C@@H]6O[C@H](C)[C@H](O)[C@H](O)[C@H]6O)[C@H](O)[C@H]5O[C@@H]5O[C@H](C)[C@@H](O)[C@H](O)[C@H]5O)[C@H]4O)[C@H]4C[C@@H](OS(=O)(=O)O)CC[C@]4(C)C3=CC[C@@]21C. The van der Waals surface area contributed by atoms with Gasteiger partial charge in [0, 0.05) is 12.3 Å². The number of aliphatic hydroxyl groups excluding tert-OH is 12. The van der Waals surface area contributed by atoms with E-state index in [1.807, 2.05) is 20.8 Å². The van der Waals surface area contributed by atoms with Gasteiger partial charge in [0.15, 0.2) is 31.5 Å². The third-order valence-electron chi connectivity index (χ3n) is 21.5. The summed E-state index contributed by atoms with van der Waals surface area (Å²) in [5.41, 5.74) is -1.30. The molecule has 0 spiro atoms. The van der Waals surface area contributed by atoms with Crippen LogP contribution in [0.4, 0.5) is 0 Å². The van der Waals surface area contributed by atoms with Crippen molar-refractivity contribution >= 4 is 16.2 Å². The average Bonchev–Trinajstić information content (AvgIpc) is 1.79. The summed E-state index contributed by atoms with van der Waals surface area (Å²) in [5.74, 6) is -1.12. The minimum atomic E-state index is -4.89. The Labute approximate surface area is 506 Å². The molecular weight excluding hydrogens is 1180 g/mol. The molecule has 0 radical (unpaired) electrons. The van der Waals surface area contributed by atoms with Gasteiger partial charge in [-0.25, -0.2) is 4.18 Å². The van der Waals surface area contributed by atoms with Crippen LogP contribution < -0.4 is 0 Å². The molecule has 0 aromatic rings. The first-order valence-corrected chi connectivity index (χ1v) is 32.1. The minimum absolute atomic E-state index is 0.00385. The van der Waals surface area contributed by atoms with Crippen LogP contribution in [0.15, 0.2) is 11.6 Å². The van der Waals surface area contributed by atoms with E-state index in [2.05, 4.69) is 19.9 Å². The summed E-state index contributed by atoms with van der Waals surface area (Å²) in [6.07, 6.45) is -39.1. The average molecular weight is 1270 g/mol. The van der Waals surface area contributed by atoms with Crippen molar-refractivity contribution in [3.63, 3.8) is 0 Å². The van der Waals surface area contributed by atoms with Crippen molar-refractivity contribution < 1.29 is 136 Å². The monoisotopic (exact) mass is 1270 g/mol. The number of hydrogen-bond donors (Lipinski definition) is 14. The molecule has 3 saturated carbocycles. The molecule has 0 aromatic carbocycles. The van der Waals surface area contributed by atoms with Crippen LogP contribution in [0.2, 0.25) is 0 Å². The van der Waals surface area contributed by atoms with Gasteiger partial charge in [0.25, 0.3) is 0 Å². The lowest BCUT2D eigenvalue weighted by molar-refractivity contribution is -0.407. The van der Waals surface area contributed by atoms with E-state index in [4.69, 9.17) is 51.6 Å². The van der Waals surface area contributed by atoms with Gasteiger partial charge in [-0.2, -0.15) is 8.42 Å². The molecule has 5 aliphatic heterocycles. The highest BCUT2D eigenvalue weighted by molar-refractivity contribution is 7.80. The molecule has 502 valence electrons. The maximum atomic E-state index is 13.6. The summed E-state index contributed by atoms with van der Waals surface area (Å²) in [6.45, 7) is 16.6. The summed E-state index contributed by atoms with van der Waals surface area (Å²) in [7, 11) is -4.89. The Bertz CT molecular complexity index is 2490. The third-order valence-corrected chi connectivity index (χ3v) is 22.0. The first kappa shape index (κ1) is 69.7. The predicted molar refractivity (Wildman–Crippen MR) is 295 cm³/mol. The van der Waals surface area contributed by atoms with Crippen molar-refractivity contribution in [3.8, 4) is 0 Å². The Morgan fingerprint density at radius 3 is 1.69 bits per heavy atom. The highest BCUT2D eigenvalue weighted by Crippen LogP contribution is 2.67. The number of allylic oxidation sites excluding steroid dienone is 2. The van der Waals surface area contributed by atoms with Crippen LogP contribution in [0.3, 0.4) is 0 Å². The number of hydrogen-bond acceptors (Lipinski definition) is 27. The van der Waals surface area contributed by atoms with Gasteiger partial charge in [-0.05, 0) is 120 Å². The van der Waals surface area contributed by atoms with Crippen LogP contribution in [0, 0.1) is 46.3 Å². The minimum Gasteiger partial charge on any atom is -0.394 e. The lowest BCUT2D eigenvalue weighted by atomic mass is 9.47. The molecule has 0 bridgehead atoms. The van der Waals surface area contributed by atoms with Crippen molar-refractivity contribution in [1.29, 1.82) is 0 Å². The van der Waals surface area contributed by atoms with E-state index < -0.39 is 205 Å². The summed E-state index contributed by atoms with van der Waals surface area (Å²) in [5, 5.41) is 146. The van der Waals surface area contributed by atoms with E-state index in [1.54, 1.807) is 6.92 Å². The van der Waals surface area contributed by atoms with Gasteiger partial charge in [0.2, 0.25) is 0 Å². The number of carbonyl (C=O) groups excluding carboxylic acids is 1. The van der Waals surface area contributed by atoms with Crippen molar-refractivity contribution in [2.24, 2.45) is 46.3 Å². The fourth-order valence-corrected chi connectivity index (χ4v) is 16.5. The van der Waals surface area contributed by atoms with Crippen LogP contribution in [-0.2, 0) is 66.7 Å². The zero-order valence-corrected chi connectivity index (χ0v) is 51.7. The van der Waals surface area contributed by atoms with Gasteiger partial charge in [0.05, 0.1) is 48.8 Å². The number of ketones is 1. The lowest BCUT2D eigenvalue weighted by Gasteiger charge is -2.60. The summed E-state index contributed by atoms with van der Waals surface area (Å²) >= 11 is 0. The second-order valence-electron chi connectivity index (χ2n) is 27.5. The van der Waals surface area contributed by atoms with Crippen molar-refractivity contribution in [3.05, 3.63) is 11.6 Å². The second kappa shape index (κ2) is 26.6. The van der Waals surface area contributed by atoms with Crippen LogP contribution in [0.5, 0.6) is 0 Å². The first-order valence-electron chi connectivity index (χ1n) is 30.8. The summed E-state index contributed by atoms with van der Waals surface area (Å²) < 4.78 is 101. The van der Waals surface area contributed by atoms with E-state index >= 15 is 0 Å². The molecule has 0 amide bonds. The Morgan fingerprint density at radius 1 is 0.609 bits per heavy atom. The van der Waals surface area contributed by atoms with Gasteiger partial charge in [-0.1, -0.05) is 46.3 Å². The summed E-state index contributed by atoms with van der Waals surface area (Å²) in [4.78, 5) is 13.6. The summed E-state index contributed by atoms with van der Waals surface area (Å²) in [6, 6.07) is 0. The zero-order chi connectivity index (χ0) is 64.1. The van der Waals surface area contributed by atoms with Crippen molar-refractivity contribution in [2.45, 2.75) is 292 Å². The largest absolute Gasteiger partial charge is 0.397 e. The molecule has 35 atom stereocenters. The topological polar surface area (TPSA) is 436 Å². The van der Waals surface area contributed by atoms with Gasteiger partial charge in [0.1, 0.15) is 103 Å². The van der Waals surface area contributed by atoms with Gasteiger partial charge >= 0.3 is 10.4 Å². The molecule has 9 aliphatic rings. The fraction of sp³-hybridized carbons (Fsp3) is 0.948. The predicted octanol–water partition coefficient (Wildman–Crippen LogP) is -2.04. The molecule has 8 fully saturated rings. The molecular formula is C58H96O28S. The Kier molecular flexibility index (Phi) is 21.3. The molecule has 5 heterocycles. The van der Waals surface area contributed by atoms with Crippen molar-refractivity contribution in [2.75, 3.05) is 6.61 Å². The molecule has 4 aliphatic carbocycles. The maximum absolute atomic E-state index is 13.6. The molecule has 0 aromatic heterocycles. The Morgan fingerprint density at radius 2 is 1.13 bits per heavy atom. The zero-order valence-electron chi connectivity index (χ0n) is 50.9. The van der Waals surface area contributed by atoms with Gasteiger partial charge in [-0.15, -0.1) is 0 Å². The molecule has 5 saturated heterocycles. The van der Waals surface area contributed by atoms with Crippen LogP contribution in [0.1, 0.15) is 121 Å². The first-order chi connectivity index (χ1) is 40.5. The van der Waals surface area contributed by atoms with E-state index in [1.165, 1.54) is 27.7 Å². The number of Topliss-reactive ketones (excluding diaryl/α,β-unsaturated/α-hetero) is 1. The number of ether oxygens (including phenoxy) is 10. The van der Waals surface area contributed by atoms with E-state index in [0.717, 1.165) is 5.57 Å². The fourth-order valence-electron chi connectivity index (χ4n) is 16.0. The van der Waals surface area contributed by atoms with Crippen LogP contribution >= 0.6 is 0 Å². The maximum Gasteiger partial charge on any atom is 0.397 e. The lowest BCUT2D eigenvalue weighted by Crippen LogP contribution is -2.68. The molecule has 0 unspecified atom stereocenters. The Balaban J connectivity index is 0.996. The normalized spacial score (nSPS) is 51.6. The smallest absolute Gasteiger partial charge is 0.394 e. The molecule has 29 heteroatoms. The third kappa shape index (κ3) is 13.6. The van der Waals surface area contributed by atoms with E-state index in [0.29, 0.717) is 32.1 Å². The van der Waals surface area contributed by atoms with Crippen LogP contribution in [-0.4, -0.2) is 263 Å². The molecule has 9 rings (SSSR count). The highest BCUT2D eigenvalue weighted by Gasteiger charge is 2.64. The quantitative estimate of drug-likeness (QED) is 0.0519. The van der Waals surface area contributed by atoms with E-state index in [9.17, 15) is 84.1 Å². The number of fused-ring (bicyclic) bond motifs is 5. The number of rotatable bonds is 18. The number of aliphatic hydroxyl groups is 13. The molecule has 14 N–H and O–H groups in total. The van der Waals surface area contributed by atoms with Gasteiger partial charge < -0.3 is 114 Å². The molecule has 28 nitrogen and oxygen atoms in total. The van der Waals surface area contributed by atoms with Gasteiger partial charge in [-0.3, -0.25) is 9.35 Å². The second-order valence-corrected chi connectivity index (χ2v) is 28.5. The van der Waals surface area contributed by atoms with Crippen LogP contribution in [0.25, 0.3) is 0 Å². The highest BCUT2D eigenvalue weighted by atomic mass is 32.3. The number of carbonyl (C=O) groups is 1. The Hall–Kier alpha value is -1.64. The van der Waals surface area contributed by atoms with E-state index in [-0.39, 0.29) is 54.6 Å².